The Bertz CT molecular complexity index is 155. The van der Waals surface area contributed by atoms with Gasteiger partial charge in [-0.15, -0.1) is 0 Å². The lowest BCUT2D eigenvalue weighted by Gasteiger charge is -2.32. The maximum atomic E-state index is 9.44. The SMILES string of the molecule is CC(O)C(C)N(C)CC1CCCCO1. The van der Waals surface area contributed by atoms with Crippen LogP contribution in [0.4, 0.5) is 0 Å². The third-order valence-electron chi connectivity index (χ3n) is 3.16. The molecule has 3 heteroatoms. The molecule has 0 bridgehead atoms. The minimum Gasteiger partial charge on any atom is -0.392 e. The standard InChI is InChI=1S/C11H23NO2/c1-9(10(2)13)12(3)8-11-6-4-5-7-14-11/h9-11,13H,4-8H2,1-3H3. The summed E-state index contributed by atoms with van der Waals surface area (Å²) in [6.07, 6.45) is 3.74. The Balaban J connectivity index is 2.27. The Morgan fingerprint density at radius 2 is 2.14 bits per heavy atom. The van der Waals surface area contributed by atoms with Crippen LogP contribution in [0.5, 0.6) is 0 Å². The molecule has 3 atom stereocenters. The van der Waals surface area contributed by atoms with E-state index in [1.54, 1.807) is 0 Å². The third kappa shape index (κ3) is 3.56. The lowest BCUT2D eigenvalue weighted by Crippen LogP contribution is -2.43. The van der Waals surface area contributed by atoms with Crippen LogP contribution < -0.4 is 0 Å². The number of hydrogen-bond donors (Lipinski definition) is 1. The van der Waals surface area contributed by atoms with Crippen molar-refractivity contribution in [2.75, 3.05) is 20.2 Å². The van der Waals surface area contributed by atoms with E-state index in [-0.39, 0.29) is 12.1 Å². The van der Waals surface area contributed by atoms with Crippen molar-refractivity contribution in [2.45, 2.75) is 51.4 Å². The van der Waals surface area contributed by atoms with Gasteiger partial charge in [-0.25, -0.2) is 0 Å². The fourth-order valence-electron chi connectivity index (χ4n) is 1.81. The third-order valence-corrected chi connectivity index (χ3v) is 3.16. The highest BCUT2D eigenvalue weighted by Crippen LogP contribution is 2.14. The van der Waals surface area contributed by atoms with Gasteiger partial charge in [0, 0.05) is 19.2 Å². The Hall–Kier alpha value is -0.120. The van der Waals surface area contributed by atoms with Gasteiger partial charge in [0.2, 0.25) is 0 Å². The monoisotopic (exact) mass is 201 g/mol. The van der Waals surface area contributed by atoms with Crippen molar-refractivity contribution in [3.63, 3.8) is 0 Å². The van der Waals surface area contributed by atoms with E-state index in [0.29, 0.717) is 6.10 Å². The van der Waals surface area contributed by atoms with E-state index in [1.165, 1.54) is 12.8 Å². The summed E-state index contributed by atoms with van der Waals surface area (Å²) in [5.41, 5.74) is 0. The summed E-state index contributed by atoms with van der Waals surface area (Å²) in [6, 6.07) is 0.209. The van der Waals surface area contributed by atoms with Crippen molar-refractivity contribution in [3.05, 3.63) is 0 Å². The summed E-state index contributed by atoms with van der Waals surface area (Å²) >= 11 is 0. The zero-order chi connectivity index (χ0) is 10.6. The van der Waals surface area contributed by atoms with Crippen LogP contribution in [0.2, 0.25) is 0 Å². The fourth-order valence-corrected chi connectivity index (χ4v) is 1.81. The Morgan fingerprint density at radius 1 is 1.43 bits per heavy atom. The largest absolute Gasteiger partial charge is 0.392 e. The second kappa shape index (κ2) is 5.69. The van der Waals surface area contributed by atoms with Crippen LogP contribution in [-0.2, 0) is 4.74 Å². The molecule has 1 aliphatic rings. The summed E-state index contributed by atoms with van der Waals surface area (Å²) in [4.78, 5) is 2.18. The first-order chi connectivity index (χ1) is 6.61. The first-order valence-corrected chi connectivity index (χ1v) is 5.61. The van der Waals surface area contributed by atoms with E-state index in [9.17, 15) is 5.11 Å². The van der Waals surface area contributed by atoms with Crippen LogP contribution in [0.3, 0.4) is 0 Å². The van der Waals surface area contributed by atoms with Crippen LogP contribution in [0.15, 0.2) is 0 Å². The molecule has 84 valence electrons. The van der Waals surface area contributed by atoms with Gasteiger partial charge in [-0.3, -0.25) is 4.90 Å². The van der Waals surface area contributed by atoms with Crippen LogP contribution in [0.25, 0.3) is 0 Å². The van der Waals surface area contributed by atoms with E-state index in [2.05, 4.69) is 11.9 Å². The minimum absolute atomic E-state index is 0.209. The van der Waals surface area contributed by atoms with Crippen molar-refractivity contribution in [1.29, 1.82) is 0 Å². The second-order valence-corrected chi connectivity index (χ2v) is 4.41. The van der Waals surface area contributed by atoms with Gasteiger partial charge in [0.1, 0.15) is 0 Å². The first kappa shape index (κ1) is 12.0. The molecule has 14 heavy (non-hydrogen) atoms. The number of hydrogen-bond acceptors (Lipinski definition) is 3. The molecule has 0 aromatic heterocycles. The molecule has 0 aromatic carbocycles. The Morgan fingerprint density at radius 3 is 2.64 bits per heavy atom. The first-order valence-electron chi connectivity index (χ1n) is 5.61. The van der Waals surface area contributed by atoms with E-state index in [1.807, 2.05) is 13.8 Å². The average Bonchev–Trinajstić information content (AvgIpc) is 2.18. The number of rotatable bonds is 4. The molecule has 0 aliphatic carbocycles. The van der Waals surface area contributed by atoms with Gasteiger partial charge in [0.25, 0.3) is 0 Å². The van der Waals surface area contributed by atoms with Gasteiger partial charge in [-0.2, -0.15) is 0 Å². The molecule has 0 radical (unpaired) electrons. The fraction of sp³-hybridized carbons (Fsp3) is 1.00. The number of ether oxygens (including phenoxy) is 1. The molecule has 3 nitrogen and oxygen atoms in total. The number of aliphatic hydroxyl groups excluding tert-OH is 1. The van der Waals surface area contributed by atoms with Gasteiger partial charge >= 0.3 is 0 Å². The predicted molar refractivity (Wildman–Crippen MR) is 57.4 cm³/mol. The van der Waals surface area contributed by atoms with Crippen LogP contribution in [0.1, 0.15) is 33.1 Å². The molecule has 1 heterocycles. The van der Waals surface area contributed by atoms with Gasteiger partial charge in [0.05, 0.1) is 12.2 Å². The van der Waals surface area contributed by atoms with E-state index in [4.69, 9.17) is 4.74 Å². The molecule has 0 spiro atoms. The van der Waals surface area contributed by atoms with Gasteiger partial charge in [-0.1, -0.05) is 0 Å². The maximum Gasteiger partial charge on any atom is 0.0702 e. The molecule has 1 fully saturated rings. The topological polar surface area (TPSA) is 32.7 Å². The molecule has 1 aliphatic heterocycles. The molecular formula is C11H23NO2. The van der Waals surface area contributed by atoms with Crippen LogP contribution >= 0.6 is 0 Å². The average molecular weight is 201 g/mol. The van der Waals surface area contributed by atoms with Gasteiger partial charge in [0.15, 0.2) is 0 Å². The second-order valence-electron chi connectivity index (χ2n) is 4.41. The summed E-state index contributed by atoms with van der Waals surface area (Å²) in [6.45, 7) is 5.73. The van der Waals surface area contributed by atoms with E-state index < -0.39 is 0 Å². The normalized spacial score (nSPS) is 27.6. The predicted octanol–water partition coefficient (Wildman–Crippen LogP) is 1.26. The number of likely N-dealkylation sites (N-methyl/N-ethyl adjacent to an activating group) is 1. The lowest BCUT2D eigenvalue weighted by molar-refractivity contribution is -0.0182. The Kier molecular flexibility index (Phi) is 4.85. The minimum atomic E-state index is -0.274. The molecular weight excluding hydrogens is 178 g/mol. The number of aliphatic hydroxyl groups is 1. The summed E-state index contributed by atoms with van der Waals surface area (Å²) < 4.78 is 5.66. The summed E-state index contributed by atoms with van der Waals surface area (Å²) in [7, 11) is 2.05. The van der Waals surface area contributed by atoms with E-state index >= 15 is 0 Å². The van der Waals surface area contributed by atoms with E-state index in [0.717, 1.165) is 19.6 Å². The smallest absolute Gasteiger partial charge is 0.0702 e. The molecule has 1 N–H and O–H groups in total. The number of nitrogens with zero attached hydrogens (tertiary/aromatic N) is 1. The Labute approximate surface area is 87.1 Å². The van der Waals surface area contributed by atoms with Crippen molar-refractivity contribution in [3.8, 4) is 0 Å². The van der Waals surface area contributed by atoms with Gasteiger partial charge < -0.3 is 9.84 Å². The maximum absolute atomic E-state index is 9.44. The lowest BCUT2D eigenvalue weighted by atomic mass is 10.1. The summed E-state index contributed by atoms with van der Waals surface area (Å²) in [5, 5.41) is 9.44. The zero-order valence-corrected chi connectivity index (χ0v) is 9.57. The highest BCUT2D eigenvalue weighted by Gasteiger charge is 2.20. The quantitative estimate of drug-likeness (QED) is 0.743. The van der Waals surface area contributed by atoms with Crippen molar-refractivity contribution in [2.24, 2.45) is 0 Å². The molecule has 1 saturated heterocycles. The van der Waals surface area contributed by atoms with Crippen molar-refractivity contribution in [1.82, 2.24) is 4.90 Å². The molecule has 3 unspecified atom stereocenters. The van der Waals surface area contributed by atoms with Crippen LogP contribution in [-0.4, -0.2) is 48.5 Å². The summed E-state index contributed by atoms with van der Waals surface area (Å²) in [5.74, 6) is 0. The molecule has 0 amide bonds. The van der Waals surface area contributed by atoms with Crippen molar-refractivity contribution >= 4 is 0 Å². The molecule has 1 rings (SSSR count). The van der Waals surface area contributed by atoms with Crippen molar-refractivity contribution < 1.29 is 9.84 Å². The van der Waals surface area contributed by atoms with Gasteiger partial charge in [-0.05, 0) is 40.2 Å². The molecule has 0 saturated carbocycles. The molecule has 0 aromatic rings. The van der Waals surface area contributed by atoms with Crippen LogP contribution in [0, 0.1) is 0 Å². The highest BCUT2D eigenvalue weighted by atomic mass is 16.5. The highest BCUT2D eigenvalue weighted by molar-refractivity contribution is 4.74. The zero-order valence-electron chi connectivity index (χ0n) is 9.57.